The van der Waals surface area contributed by atoms with E-state index in [1.807, 2.05) is 19.1 Å². The van der Waals surface area contributed by atoms with E-state index in [4.69, 9.17) is 9.47 Å². The molecule has 0 aromatic heterocycles. The third-order valence-corrected chi connectivity index (χ3v) is 4.95. The summed E-state index contributed by atoms with van der Waals surface area (Å²) in [5.74, 6) is -4.85. The number of esters is 2. The number of hydrogen-bond acceptors (Lipinski definition) is 6. The first-order valence-electron chi connectivity index (χ1n) is 8.26. The maximum atomic E-state index is 12.6. The number of methoxy groups -OCH3 is 2. The number of ketones is 1. The summed E-state index contributed by atoms with van der Waals surface area (Å²) in [5.41, 5.74) is 0.0983. The number of carbonyl (C=O) groups is 3. The van der Waals surface area contributed by atoms with E-state index in [2.05, 4.69) is 0 Å². The Morgan fingerprint density at radius 2 is 1.72 bits per heavy atom. The minimum atomic E-state index is -1.61. The fourth-order valence-corrected chi connectivity index (χ4v) is 3.65. The molecule has 1 fully saturated rings. The SMILES string of the molecule is CCc1ccc([C@H]2[C@@H](C(=O)OC)C(=O)C[C@@](C)(O)[C@@H]2C(=O)OC)cc1. The van der Waals surface area contributed by atoms with E-state index >= 15 is 0 Å². The van der Waals surface area contributed by atoms with Gasteiger partial charge in [-0.15, -0.1) is 0 Å². The number of hydrogen-bond donors (Lipinski definition) is 1. The van der Waals surface area contributed by atoms with E-state index in [0.29, 0.717) is 5.56 Å². The number of carbonyl (C=O) groups excluding carboxylic acids is 3. The lowest BCUT2D eigenvalue weighted by atomic mass is 9.61. The minimum Gasteiger partial charge on any atom is -0.469 e. The average molecular weight is 348 g/mol. The van der Waals surface area contributed by atoms with E-state index in [9.17, 15) is 19.5 Å². The molecule has 0 amide bonds. The molecular weight excluding hydrogens is 324 g/mol. The van der Waals surface area contributed by atoms with Gasteiger partial charge < -0.3 is 14.6 Å². The largest absolute Gasteiger partial charge is 0.469 e. The molecule has 0 heterocycles. The van der Waals surface area contributed by atoms with Crippen LogP contribution in [0.25, 0.3) is 0 Å². The Hall–Kier alpha value is -2.21. The van der Waals surface area contributed by atoms with Crippen LogP contribution in [0.4, 0.5) is 0 Å². The zero-order chi connectivity index (χ0) is 18.8. The molecule has 1 aromatic rings. The number of aryl methyl sites for hydroxylation is 1. The summed E-state index contributed by atoms with van der Waals surface area (Å²) in [7, 11) is 2.42. The Labute approximate surface area is 147 Å². The van der Waals surface area contributed by atoms with E-state index in [1.54, 1.807) is 12.1 Å². The van der Waals surface area contributed by atoms with Crippen LogP contribution in [0, 0.1) is 11.8 Å². The van der Waals surface area contributed by atoms with Crippen LogP contribution in [0.2, 0.25) is 0 Å². The van der Waals surface area contributed by atoms with Crippen LogP contribution in [-0.4, -0.2) is 42.6 Å². The van der Waals surface area contributed by atoms with Crippen LogP contribution in [0.5, 0.6) is 0 Å². The van der Waals surface area contributed by atoms with Gasteiger partial charge in [-0.05, 0) is 24.5 Å². The van der Waals surface area contributed by atoms with Crippen molar-refractivity contribution in [2.75, 3.05) is 14.2 Å². The van der Waals surface area contributed by atoms with Crippen molar-refractivity contribution in [2.45, 2.75) is 38.2 Å². The van der Waals surface area contributed by atoms with Gasteiger partial charge in [0.2, 0.25) is 0 Å². The first kappa shape index (κ1) is 19.1. The second kappa shape index (κ2) is 7.35. The van der Waals surface area contributed by atoms with Crippen molar-refractivity contribution in [2.24, 2.45) is 11.8 Å². The fourth-order valence-electron chi connectivity index (χ4n) is 3.65. The molecule has 0 aliphatic heterocycles. The standard InChI is InChI=1S/C19H24O6/c1-5-11-6-8-12(9-7-11)14-15(17(21)24-3)13(20)10-19(2,23)16(14)18(22)25-4/h6-9,14-16,23H,5,10H2,1-4H3/t14-,15-,16-,19+/m0/s1. The van der Waals surface area contributed by atoms with Crippen molar-refractivity contribution < 1.29 is 29.0 Å². The van der Waals surface area contributed by atoms with Crippen molar-refractivity contribution in [1.29, 1.82) is 0 Å². The molecule has 1 aliphatic carbocycles. The third-order valence-electron chi connectivity index (χ3n) is 4.95. The second-order valence-corrected chi connectivity index (χ2v) is 6.62. The minimum absolute atomic E-state index is 0.309. The van der Waals surface area contributed by atoms with Gasteiger partial charge in [-0.3, -0.25) is 14.4 Å². The van der Waals surface area contributed by atoms with Crippen molar-refractivity contribution >= 4 is 17.7 Å². The monoisotopic (exact) mass is 348 g/mol. The van der Waals surface area contributed by atoms with Gasteiger partial charge in [-0.25, -0.2) is 0 Å². The highest BCUT2D eigenvalue weighted by Gasteiger charge is 2.56. The summed E-state index contributed by atoms with van der Waals surface area (Å²) in [6.07, 6.45) is 0.526. The zero-order valence-electron chi connectivity index (χ0n) is 14.9. The predicted molar refractivity (Wildman–Crippen MR) is 89.8 cm³/mol. The molecule has 0 unspecified atom stereocenters. The average Bonchev–Trinajstić information content (AvgIpc) is 2.59. The molecule has 0 radical (unpaired) electrons. The van der Waals surface area contributed by atoms with Gasteiger partial charge in [0.05, 0.1) is 25.7 Å². The quantitative estimate of drug-likeness (QED) is 0.657. The Kier molecular flexibility index (Phi) is 5.62. The van der Waals surface area contributed by atoms with E-state index in [0.717, 1.165) is 12.0 Å². The molecular formula is C19H24O6. The third kappa shape index (κ3) is 3.58. The Bertz CT molecular complexity index is 661. The van der Waals surface area contributed by atoms with Crippen LogP contribution in [0.15, 0.2) is 24.3 Å². The molecule has 0 bridgehead atoms. The Balaban J connectivity index is 2.61. The Morgan fingerprint density at radius 3 is 2.20 bits per heavy atom. The zero-order valence-corrected chi connectivity index (χ0v) is 14.9. The maximum absolute atomic E-state index is 12.6. The molecule has 1 saturated carbocycles. The lowest BCUT2D eigenvalue weighted by Crippen LogP contribution is -2.55. The second-order valence-electron chi connectivity index (χ2n) is 6.62. The van der Waals surface area contributed by atoms with E-state index < -0.39 is 41.1 Å². The van der Waals surface area contributed by atoms with Gasteiger partial charge >= 0.3 is 11.9 Å². The molecule has 0 saturated heterocycles. The van der Waals surface area contributed by atoms with Crippen LogP contribution in [-0.2, 0) is 30.3 Å². The van der Waals surface area contributed by atoms with Gasteiger partial charge in [0.25, 0.3) is 0 Å². The van der Waals surface area contributed by atoms with Crippen molar-refractivity contribution in [3.8, 4) is 0 Å². The first-order chi connectivity index (χ1) is 11.8. The maximum Gasteiger partial charge on any atom is 0.316 e. The molecule has 136 valence electrons. The molecule has 0 spiro atoms. The lowest BCUT2D eigenvalue weighted by molar-refractivity contribution is -0.170. The van der Waals surface area contributed by atoms with Crippen LogP contribution in [0.3, 0.4) is 0 Å². The highest BCUT2D eigenvalue weighted by atomic mass is 16.5. The van der Waals surface area contributed by atoms with E-state index in [-0.39, 0.29) is 6.42 Å². The summed E-state index contributed by atoms with van der Waals surface area (Å²) in [4.78, 5) is 37.2. The summed E-state index contributed by atoms with van der Waals surface area (Å²) < 4.78 is 9.65. The first-order valence-corrected chi connectivity index (χ1v) is 8.26. The lowest BCUT2D eigenvalue weighted by Gasteiger charge is -2.43. The molecule has 1 aromatic carbocycles. The molecule has 4 atom stereocenters. The van der Waals surface area contributed by atoms with Crippen LogP contribution < -0.4 is 0 Å². The summed E-state index contributed by atoms with van der Waals surface area (Å²) in [6.45, 7) is 3.44. The predicted octanol–water partition coefficient (Wildman–Crippen LogP) is 1.63. The number of Topliss-reactive ketones (excluding diaryl/α,β-unsaturated/α-hetero) is 1. The smallest absolute Gasteiger partial charge is 0.316 e. The van der Waals surface area contributed by atoms with Gasteiger partial charge in [0, 0.05) is 12.3 Å². The fraction of sp³-hybridized carbons (Fsp3) is 0.526. The van der Waals surface area contributed by atoms with Crippen molar-refractivity contribution in [1.82, 2.24) is 0 Å². The summed E-state index contributed by atoms with van der Waals surface area (Å²) >= 11 is 0. The van der Waals surface area contributed by atoms with Crippen LogP contribution >= 0.6 is 0 Å². The normalized spacial score (nSPS) is 29.2. The Morgan fingerprint density at radius 1 is 1.16 bits per heavy atom. The van der Waals surface area contributed by atoms with Crippen molar-refractivity contribution in [3.63, 3.8) is 0 Å². The number of rotatable bonds is 4. The number of ether oxygens (including phenoxy) is 2. The molecule has 2 rings (SSSR count). The molecule has 1 N–H and O–H groups in total. The van der Waals surface area contributed by atoms with Crippen LogP contribution in [0.1, 0.15) is 37.3 Å². The summed E-state index contributed by atoms with van der Waals surface area (Å²) in [6, 6.07) is 7.33. The molecule has 6 heteroatoms. The number of benzene rings is 1. The highest BCUT2D eigenvalue weighted by molar-refractivity contribution is 6.02. The van der Waals surface area contributed by atoms with Gasteiger partial charge in [-0.1, -0.05) is 31.2 Å². The van der Waals surface area contributed by atoms with Gasteiger partial charge in [0.1, 0.15) is 5.92 Å². The van der Waals surface area contributed by atoms with Crippen molar-refractivity contribution in [3.05, 3.63) is 35.4 Å². The molecule has 25 heavy (non-hydrogen) atoms. The summed E-state index contributed by atoms with van der Waals surface area (Å²) in [5, 5.41) is 10.7. The van der Waals surface area contributed by atoms with Gasteiger partial charge in [-0.2, -0.15) is 0 Å². The molecule has 6 nitrogen and oxygen atoms in total. The highest BCUT2D eigenvalue weighted by Crippen LogP contribution is 2.46. The molecule has 1 aliphatic rings. The number of aliphatic hydroxyl groups is 1. The van der Waals surface area contributed by atoms with Gasteiger partial charge in [0.15, 0.2) is 5.78 Å². The van der Waals surface area contributed by atoms with E-state index in [1.165, 1.54) is 21.1 Å². The topological polar surface area (TPSA) is 89.9 Å².